The lowest BCUT2D eigenvalue weighted by Gasteiger charge is -2.12. The number of rotatable bonds is 7. The zero-order valence-electron chi connectivity index (χ0n) is 16.7. The SMILES string of the molecule is N#CCOc1ccc(NC(=O)c2ccccc2-c2ccc(Cn3cccn3)cc2)cc1. The number of nitrogens with one attached hydrogen (secondary N) is 1. The van der Waals surface area contributed by atoms with Gasteiger partial charge in [-0.2, -0.15) is 10.4 Å². The van der Waals surface area contributed by atoms with Gasteiger partial charge in [-0.05, 0) is 53.1 Å². The van der Waals surface area contributed by atoms with Crippen LogP contribution in [-0.4, -0.2) is 22.3 Å². The fraction of sp³-hybridized carbons (Fsp3) is 0.0800. The number of nitriles is 1. The maximum atomic E-state index is 12.9. The third kappa shape index (κ3) is 4.98. The van der Waals surface area contributed by atoms with Crippen LogP contribution in [0.4, 0.5) is 5.69 Å². The van der Waals surface area contributed by atoms with Crippen LogP contribution in [0, 0.1) is 11.3 Å². The van der Waals surface area contributed by atoms with E-state index in [1.807, 2.05) is 71.5 Å². The summed E-state index contributed by atoms with van der Waals surface area (Å²) in [7, 11) is 0. The molecule has 152 valence electrons. The summed E-state index contributed by atoms with van der Waals surface area (Å²) in [4.78, 5) is 12.9. The van der Waals surface area contributed by atoms with Crippen molar-refractivity contribution in [3.05, 3.63) is 102 Å². The normalized spacial score (nSPS) is 10.3. The summed E-state index contributed by atoms with van der Waals surface area (Å²) >= 11 is 0. The lowest BCUT2D eigenvalue weighted by Crippen LogP contribution is -2.13. The Morgan fingerprint density at radius 1 is 1.00 bits per heavy atom. The number of hydrogen-bond acceptors (Lipinski definition) is 4. The van der Waals surface area contributed by atoms with Gasteiger partial charge in [0.2, 0.25) is 0 Å². The van der Waals surface area contributed by atoms with Crippen molar-refractivity contribution in [2.45, 2.75) is 6.54 Å². The molecule has 3 aromatic carbocycles. The molecule has 31 heavy (non-hydrogen) atoms. The second kappa shape index (κ2) is 9.42. The van der Waals surface area contributed by atoms with Gasteiger partial charge in [0.1, 0.15) is 11.8 Å². The molecule has 0 bridgehead atoms. The zero-order valence-corrected chi connectivity index (χ0v) is 16.7. The van der Waals surface area contributed by atoms with Gasteiger partial charge >= 0.3 is 0 Å². The molecule has 4 aromatic rings. The van der Waals surface area contributed by atoms with E-state index >= 15 is 0 Å². The van der Waals surface area contributed by atoms with E-state index in [0.29, 0.717) is 23.5 Å². The third-order valence-corrected chi connectivity index (χ3v) is 4.76. The maximum Gasteiger partial charge on any atom is 0.256 e. The Bertz CT molecular complexity index is 1190. The molecular weight excluding hydrogens is 388 g/mol. The Balaban J connectivity index is 1.50. The van der Waals surface area contributed by atoms with E-state index in [-0.39, 0.29) is 12.5 Å². The number of hydrogen-bond donors (Lipinski definition) is 1. The summed E-state index contributed by atoms with van der Waals surface area (Å²) in [5.74, 6) is 0.386. The number of amides is 1. The predicted octanol–water partition coefficient (Wildman–Crippen LogP) is 4.75. The third-order valence-electron chi connectivity index (χ3n) is 4.76. The van der Waals surface area contributed by atoms with Crippen LogP contribution in [-0.2, 0) is 6.54 Å². The Morgan fingerprint density at radius 2 is 1.77 bits per heavy atom. The number of anilines is 1. The Morgan fingerprint density at radius 3 is 2.48 bits per heavy atom. The van der Waals surface area contributed by atoms with E-state index in [1.54, 1.807) is 30.5 Å². The largest absolute Gasteiger partial charge is 0.479 e. The maximum absolute atomic E-state index is 12.9. The van der Waals surface area contributed by atoms with Crippen LogP contribution in [0.15, 0.2) is 91.3 Å². The van der Waals surface area contributed by atoms with E-state index in [0.717, 1.165) is 16.7 Å². The number of aromatic nitrogens is 2. The molecule has 0 unspecified atom stereocenters. The van der Waals surface area contributed by atoms with Crippen molar-refractivity contribution in [1.29, 1.82) is 5.26 Å². The lowest BCUT2D eigenvalue weighted by molar-refractivity contribution is 0.102. The van der Waals surface area contributed by atoms with Crippen LogP contribution in [0.5, 0.6) is 5.75 Å². The molecule has 0 aliphatic carbocycles. The van der Waals surface area contributed by atoms with Gasteiger partial charge in [0.05, 0.1) is 6.54 Å². The summed E-state index contributed by atoms with van der Waals surface area (Å²) in [5, 5.41) is 15.7. The molecule has 1 aromatic heterocycles. The van der Waals surface area contributed by atoms with Crippen molar-refractivity contribution in [3.8, 4) is 22.9 Å². The molecule has 0 radical (unpaired) electrons. The van der Waals surface area contributed by atoms with Gasteiger partial charge in [-0.15, -0.1) is 0 Å². The predicted molar refractivity (Wildman–Crippen MR) is 119 cm³/mol. The number of nitrogens with zero attached hydrogens (tertiary/aromatic N) is 3. The molecule has 0 saturated carbocycles. The minimum absolute atomic E-state index is 0.0141. The van der Waals surface area contributed by atoms with Gasteiger partial charge in [-0.3, -0.25) is 9.48 Å². The first-order valence-corrected chi connectivity index (χ1v) is 9.80. The highest BCUT2D eigenvalue weighted by Gasteiger charge is 2.13. The summed E-state index contributed by atoms with van der Waals surface area (Å²) < 4.78 is 7.11. The fourth-order valence-electron chi connectivity index (χ4n) is 3.25. The van der Waals surface area contributed by atoms with Crippen LogP contribution >= 0.6 is 0 Å². The first-order valence-electron chi connectivity index (χ1n) is 9.80. The van der Waals surface area contributed by atoms with Gasteiger partial charge in [0, 0.05) is 23.6 Å². The Kier molecular flexibility index (Phi) is 6.05. The molecule has 0 spiro atoms. The molecule has 1 N–H and O–H groups in total. The van der Waals surface area contributed by atoms with Crippen molar-refractivity contribution in [2.75, 3.05) is 11.9 Å². The molecule has 6 heteroatoms. The van der Waals surface area contributed by atoms with Gasteiger partial charge in [-0.1, -0.05) is 42.5 Å². The quantitative estimate of drug-likeness (QED) is 0.478. The van der Waals surface area contributed by atoms with Crippen molar-refractivity contribution >= 4 is 11.6 Å². The molecule has 4 rings (SSSR count). The Labute approximate surface area is 180 Å². The number of ether oxygens (including phenoxy) is 1. The average Bonchev–Trinajstić information content (AvgIpc) is 3.32. The van der Waals surface area contributed by atoms with Crippen molar-refractivity contribution in [1.82, 2.24) is 9.78 Å². The first-order chi connectivity index (χ1) is 15.2. The highest BCUT2D eigenvalue weighted by atomic mass is 16.5. The summed E-state index contributed by atoms with van der Waals surface area (Å²) in [5.41, 5.74) is 4.20. The molecule has 0 aliphatic rings. The van der Waals surface area contributed by atoms with E-state index in [2.05, 4.69) is 10.4 Å². The topological polar surface area (TPSA) is 79.9 Å². The minimum atomic E-state index is -0.193. The highest BCUT2D eigenvalue weighted by Crippen LogP contribution is 2.25. The molecule has 0 saturated heterocycles. The van der Waals surface area contributed by atoms with Crippen molar-refractivity contribution in [3.63, 3.8) is 0 Å². The van der Waals surface area contributed by atoms with E-state index in [4.69, 9.17) is 10.00 Å². The van der Waals surface area contributed by atoms with Crippen molar-refractivity contribution in [2.24, 2.45) is 0 Å². The van der Waals surface area contributed by atoms with Crippen molar-refractivity contribution < 1.29 is 9.53 Å². The van der Waals surface area contributed by atoms with E-state index in [9.17, 15) is 4.79 Å². The highest BCUT2D eigenvalue weighted by molar-refractivity contribution is 6.08. The lowest BCUT2D eigenvalue weighted by atomic mass is 9.98. The van der Waals surface area contributed by atoms with Gasteiger partial charge in [-0.25, -0.2) is 0 Å². The van der Waals surface area contributed by atoms with E-state index < -0.39 is 0 Å². The monoisotopic (exact) mass is 408 g/mol. The van der Waals surface area contributed by atoms with Gasteiger partial charge < -0.3 is 10.1 Å². The molecule has 0 fully saturated rings. The molecule has 1 amide bonds. The van der Waals surface area contributed by atoms with Gasteiger partial charge in [0.15, 0.2) is 6.61 Å². The molecule has 1 heterocycles. The molecular formula is C25H20N4O2. The van der Waals surface area contributed by atoms with Crippen LogP contribution in [0.2, 0.25) is 0 Å². The number of carbonyl (C=O) groups excluding carboxylic acids is 1. The second-order valence-electron chi connectivity index (χ2n) is 6.87. The first kappa shape index (κ1) is 19.9. The smallest absolute Gasteiger partial charge is 0.256 e. The number of benzene rings is 3. The standard InChI is InChI=1S/C25H20N4O2/c26-14-17-31-22-12-10-21(11-13-22)28-25(30)24-5-2-1-4-23(24)20-8-6-19(7-9-20)18-29-16-3-15-27-29/h1-13,15-16H,17-18H2,(H,28,30). The number of carbonyl (C=O) groups is 1. The van der Waals surface area contributed by atoms with Gasteiger partial charge in [0.25, 0.3) is 5.91 Å². The fourth-order valence-corrected chi connectivity index (χ4v) is 3.25. The summed E-state index contributed by atoms with van der Waals surface area (Å²) in [6.07, 6.45) is 3.69. The summed E-state index contributed by atoms with van der Waals surface area (Å²) in [6, 6.07) is 26.4. The van der Waals surface area contributed by atoms with Crippen LogP contribution < -0.4 is 10.1 Å². The van der Waals surface area contributed by atoms with Crippen LogP contribution in [0.25, 0.3) is 11.1 Å². The van der Waals surface area contributed by atoms with Crippen LogP contribution in [0.3, 0.4) is 0 Å². The molecule has 0 aliphatic heterocycles. The average molecular weight is 408 g/mol. The molecule has 6 nitrogen and oxygen atoms in total. The van der Waals surface area contributed by atoms with E-state index in [1.165, 1.54) is 0 Å². The minimum Gasteiger partial charge on any atom is -0.479 e. The summed E-state index contributed by atoms with van der Waals surface area (Å²) in [6.45, 7) is 0.684. The second-order valence-corrected chi connectivity index (χ2v) is 6.87. The Hall–Kier alpha value is -4.37. The molecule has 0 atom stereocenters. The zero-order chi connectivity index (χ0) is 21.5. The van der Waals surface area contributed by atoms with Crippen LogP contribution in [0.1, 0.15) is 15.9 Å².